The van der Waals surface area contributed by atoms with E-state index in [2.05, 4.69) is 5.32 Å². The fourth-order valence-electron chi connectivity index (χ4n) is 2.34. The fourth-order valence-corrected chi connectivity index (χ4v) is 2.34. The maximum atomic E-state index is 13.4. The van der Waals surface area contributed by atoms with Gasteiger partial charge in [-0.25, -0.2) is 8.78 Å². The zero-order valence-corrected chi connectivity index (χ0v) is 12.2. The molecule has 1 aromatic carbocycles. The second-order valence-electron chi connectivity index (χ2n) is 6.30. The molecule has 1 aromatic rings. The summed E-state index contributed by atoms with van der Waals surface area (Å²) in [5, 5.41) is 3.06. The topological polar surface area (TPSA) is 32.3 Å². The number of benzene rings is 1. The van der Waals surface area contributed by atoms with Crippen LogP contribution in [0.15, 0.2) is 18.2 Å². The Kier molecular flexibility index (Phi) is 3.82. The molecule has 0 radical (unpaired) electrons. The minimum Gasteiger partial charge on any atom is -0.319 e. The van der Waals surface area contributed by atoms with E-state index in [1.165, 1.54) is 6.07 Å². The van der Waals surface area contributed by atoms with Crippen molar-refractivity contribution < 1.29 is 13.6 Å². The molecule has 5 heteroatoms. The van der Waals surface area contributed by atoms with Gasteiger partial charge in [0.2, 0.25) is 5.91 Å². The van der Waals surface area contributed by atoms with E-state index < -0.39 is 17.8 Å². The first-order chi connectivity index (χ1) is 9.21. The van der Waals surface area contributed by atoms with Crippen LogP contribution in [0.25, 0.3) is 0 Å². The highest BCUT2D eigenvalue weighted by molar-refractivity contribution is 5.81. The number of amides is 1. The smallest absolute Gasteiger partial charge is 0.238 e. The number of carbonyl (C=O) groups is 1. The van der Waals surface area contributed by atoms with Crippen LogP contribution in [0.4, 0.5) is 8.78 Å². The van der Waals surface area contributed by atoms with E-state index >= 15 is 0 Å². The second kappa shape index (κ2) is 5.13. The number of nitrogens with one attached hydrogen (secondary N) is 1. The fraction of sp³-hybridized carbons (Fsp3) is 0.533. The molecule has 20 heavy (non-hydrogen) atoms. The summed E-state index contributed by atoms with van der Waals surface area (Å²) in [5.41, 5.74) is 0.462. The summed E-state index contributed by atoms with van der Waals surface area (Å²) in [6, 6.07) is 3.73. The molecule has 1 aliphatic rings. The minimum atomic E-state index is -0.896. The predicted octanol–water partition coefficient (Wildman–Crippen LogP) is 2.83. The standard InChI is InChI=1S/C15H20F2N2O/c1-9(15(2,3)4)19-13(20)8-18-14(19)10-5-6-11(16)12(17)7-10/h5-7,9,14,18H,8H2,1-4H3. The van der Waals surface area contributed by atoms with Crippen molar-refractivity contribution in [1.82, 2.24) is 10.2 Å². The Hall–Kier alpha value is -1.49. The average Bonchev–Trinajstić information content (AvgIpc) is 2.72. The highest BCUT2D eigenvalue weighted by Crippen LogP contribution is 2.33. The first-order valence-corrected chi connectivity index (χ1v) is 6.71. The Morgan fingerprint density at radius 3 is 2.50 bits per heavy atom. The van der Waals surface area contributed by atoms with Crippen LogP contribution >= 0.6 is 0 Å². The monoisotopic (exact) mass is 282 g/mol. The van der Waals surface area contributed by atoms with E-state index in [0.29, 0.717) is 5.56 Å². The van der Waals surface area contributed by atoms with Gasteiger partial charge in [0.05, 0.1) is 6.54 Å². The van der Waals surface area contributed by atoms with Gasteiger partial charge in [-0.1, -0.05) is 26.8 Å². The van der Waals surface area contributed by atoms with E-state index in [1.54, 1.807) is 4.90 Å². The molecule has 1 heterocycles. The van der Waals surface area contributed by atoms with Crippen LogP contribution in [0.3, 0.4) is 0 Å². The van der Waals surface area contributed by atoms with Crippen molar-refractivity contribution >= 4 is 5.91 Å². The molecule has 2 rings (SSSR count). The van der Waals surface area contributed by atoms with Crippen molar-refractivity contribution in [3.63, 3.8) is 0 Å². The van der Waals surface area contributed by atoms with E-state index in [9.17, 15) is 13.6 Å². The van der Waals surface area contributed by atoms with Gasteiger partial charge in [-0.15, -0.1) is 0 Å². The van der Waals surface area contributed by atoms with E-state index in [-0.39, 0.29) is 23.9 Å². The summed E-state index contributed by atoms with van der Waals surface area (Å²) < 4.78 is 26.4. The number of rotatable bonds is 2. The average molecular weight is 282 g/mol. The number of halogens is 2. The van der Waals surface area contributed by atoms with Crippen molar-refractivity contribution in [3.05, 3.63) is 35.4 Å². The molecule has 0 saturated carbocycles. The number of hydrogen-bond acceptors (Lipinski definition) is 2. The van der Waals surface area contributed by atoms with Gasteiger partial charge in [0.15, 0.2) is 11.6 Å². The van der Waals surface area contributed by atoms with Crippen molar-refractivity contribution in [2.24, 2.45) is 5.41 Å². The molecular weight excluding hydrogens is 262 g/mol. The maximum absolute atomic E-state index is 13.4. The first-order valence-electron chi connectivity index (χ1n) is 6.71. The molecular formula is C15H20F2N2O. The molecule has 1 saturated heterocycles. The lowest BCUT2D eigenvalue weighted by atomic mass is 9.86. The SMILES string of the molecule is CC(N1C(=O)CNC1c1ccc(F)c(F)c1)C(C)(C)C. The van der Waals surface area contributed by atoms with Gasteiger partial charge in [-0.2, -0.15) is 0 Å². The molecule has 1 amide bonds. The van der Waals surface area contributed by atoms with Crippen LogP contribution < -0.4 is 5.32 Å². The third-order valence-electron chi connectivity index (χ3n) is 3.94. The van der Waals surface area contributed by atoms with Crippen molar-refractivity contribution in [2.45, 2.75) is 39.9 Å². The van der Waals surface area contributed by atoms with Gasteiger partial charge in [0, 0.05) is 6.04 Å². The van der Waals surface area contributed by atoms with Crippen molar-refractivity contribution in [3.8, 4) is 0 Å². The van der Waals surface area contributed by atoms with Crippen LogP contribution in [0.1, 0.15) is 39.4 Å². The van der Waals surface area contributed by atoms with Gasteiger partial charge >= 0.3 is 0 Å². The summed E-state index contributed by atoms with van der Waals surface area (Å²) >= 11 is 0. The molecule has 0 bridgehead atoms. The molecule has 0 aromatic heterocycles. The Morgan fingerprint density at radius 1 is 1.30 bits per heavy atom. The van der Waals surface area contributed by atoms with E-state index in [1.807, 2.05) is 27.7 Å². The van der Waals surface area contributed by atoms with Gasteiger partial charge in [-0.3, -0.25) is 10.1 Å². The third-order valence-corrected chi connectivity index (χ3v) is 3.94. The number of nitrogens with zero attached hydrogens (tertiary/aromatic N) is 1. The molecule has 3 nitrogen and oxygen atoms in total. The summed E-state index contributed by atoms with van der Waals surface area (Å²) in [5.74, 6) is -1.80. The Labute approximate surface area is 118 Å². The van der Waals surface area contributed by atoms with Crippen LogP contribution in [-0.4, -0.2) is 23.4 Å². The van der Waals surface area contributed by atoms with Gasteiger partial charge < -0.3 is 4.90 Å². The van der Waals surface area contributed by atoms with Crippen LogP contribution in [-0.2, 0) is 4.79 Å². The first kappa shape index (κ1) is 14.9. The molecule has 2 atom stereocenters. The van der Waals surface area contributed by atoms with Crippen LogP contribution in [0.5, 0.6) is 0 Å². The normalized spacial score (nSPS) is 21.4. The molecule has 1 fully saturated rings. The highest BCUT2D eigenvalue weighted by atomic mass is 19.2. The molecule has 0 spiro atoms. The summed E-state index contributed by atoms with van der Waals surface area (Å²) in [4.78, 5) is 13.8. The summed E-state index contributed by atoms with van der Waals surface area (Å²) in [6.45, 7) is 8.32. The van der Waals surface area contributed by atoms with Crippen molar-refractivity contribution in [1.29, 1.82) is 0 Å². The van der Waals surface area contributed by atoms with Crippen molar-refractivity contribution in [2.75, 3.05) is 6.54 Å². The van der Waals surface area contributed by atoms with Crippen LogP contribution in [0, 0.1) is 17.0 Å². The summed E-state index contributed by atoms with van der Waals surface area (Å²) in [7, 11) is 0. The number of hydrogen-bond donors (Lipinski definition) is 1. The second-order valence-corrected chi connectivity index (χ2v) is 6.30. The van der Waals surface area contributed by atoms with E-state index in [0.717, 1.165) is 12.1 Å². The lowest BCUT2D eigenvalue weighted by molar-refractivity contribution is -0.132. The predicted molar refractivity (Wildman–Crippen MR) is 72.9 cm³/mol. The quantitative estimate of drug-likeness (QED) is 0.904. The van der Waals surface area contributed by atoms with Gasteiger partial charge in [-0.05, 0) is 30.0 Å². The Morgan fingerprint density at radius 2 is 1.95 bits per heavy atom. The highest BCUT2D eigenvalue weighted by Gasteiger charge is 2.39. The van der Waals surface area contributed by atoms with Crippen LogP contribution in [0.2, 0.25) is 0 Å². The zero-order chi connectivity index (χ0) is 15.1. The maximum Gasteiger partial charge on any atom is 0.238 e. The molecule has 0 aliphatic carbocycles. The molecule has 1 N–H and O–H groups in total. The third kappa shape index (κ3) is 2.68. The zero-order valence-electron chi connectivity index (χ0n) is 12.2. The van der Waals surface area contributed by atoms with Gasteiger partial charge in [0.1, 0.15) is 6.17 Å². The largest absolute Gasteiger partial charge is 0.319 e. The van der Waals surface area contributed by atoms with E-state index in [4.69, 9.17) is 0 Å². The molecule has 1 aliphatic heterocycles. The lowest BCUT2D eigenvalue weighted by Gasteiger charge is -2.38. The Bertz CT molecular complexity index is 525. The summed E-state index contributed by atoms with van der Waals surface area (Å²) in [6.07, 6.45) is -0.410. The molecule has 110 valence electrons. The Balaban J connectivity index is 2.35. The minimum absolute atomic E-state index is 0.0249. The molecule has 2 unspecified atom stereocenters. The lowest BCUT2D eigenvalue weighted by Crippen LogP contribution is -2.45. The number of carbonyl (C=O) groups excluding carboxylic acids is 1. The van der Waals surface area contributed by atoms with Gasteiger partial charge in [0.25, 0.3) is 0 Å².